The number of imide groups is 1. The molecule has 1 saturated heterocycles. The highest BCUT2D eigenvalue weighted by Crippen LogP contribution is 2.39. The molecular formula is C22H23N3O4. The lowest BCUT2D eigenvalue weighted by molar-refractivity contribution is -0.135. The zero-order valence-corrected chi connectivity index (χ0v) is 16.2. The number of nitrogens with zero attached hydrogens (tertiary/aromatic N) is 1. The van der Waals surface area contributed by atoms with Crippen molar-refractivity contribution in [1.82, 2.24) is 15.5 Å². The zero-order valence-electron chi connectivity index (χ0n) is 16.2. The maximum atomic E-state index is 13.2. The summed E-state index contributed by atoms with van der Waals surface area (Å²) in [6.07, 6.45) is 2.21. The molecule has 4 amide bonds. The molecule has 2 aliphatic rings. The van der Waals surface area contributed by atoms with Crippen LogP contribution in [-0.4, -0.2) is 36.4 Å². The first-order chi connectivity index (χ1) is 14.0. The van der Waals surface area contributed by atoms with E-state index < -0.39 is 17.5 Å². The fraction of sp³-hybridized carbons (Fsp3) is 0.318. The number of hydrogen-bond acceptors (Lipinski definition) is 4. The molecular weight excluding hydrogens is 370 g/mol. The molecule has 1 aliphatic carbocycles. The van der Waals surface area contributed by atoms with Crippen LogP contribution in [0.15, 0.2) is 48.5 Å². The molecule has 2 aromatic carbocycles. The van der Waals surface area contributed by atoms with Gasteiger partial charge in [0.15, 0.2) is 0 Å². The number of benzene rings is 2. The molecule has 29 heavy (non-hydrogen) atoms. The van der Waals surface area contributed by atoms with E-state index in [1.165, 1.54) is 0 Å². The Labute approximate surface area is 169 Å². The molecule has 0 radical (unpaired) electrons. The molecule has 1 atom stereocenters. The minimum Gasteiger partial charge on any atom is -0.496 e. The first-order valence-electron chi connectivity index (χ1n) is 9.66. The number of amides is 4. The van der Waals surface area contributed by atoms with Crippen molar-refractivity contribution in [2.75, 3.05) is 13.7 Å². The molecule has 150 valence electrons. The van der Waals surface area contributed by atoms with Gasteiger partial charge in [0, 0.05) is 12.1 Å². The number of methoxy groups -OCH3 is 1. The fourth-order valence-corrected chi connectivity index (χ4v) is 4.20. The van der Waals surface area contributed by atoms with Crippen LogP contribution in [0.5, 0.6) is 5.75 Å². The Hall–Kier alpha value is -3.35. The topological polar surface area (TPSA) is 87.7 Å². The van der Waals surface area contributed by atoms with Crippen LogP contribution in [0, 0.1) is 0 Å². The van der Waals surface area contributed by atoms with Gasteiger partial charge in [-0.2, -0.15) is 0 Å². The van der Waals surface area contributed by atoms with Crippen LogP contribution in [0.1, 0.15) is 29.5 Å². The van der Waals surface area contributed by atoms with E-state index >= 15 is 0 Å². The van der Waals surface area contributed by atoms with Gasteiger partial charge in [0.25, 0.3) is 5.91 Å². The average Bonchev–Trinajstić information content (AvgIpc) is 2.97. The van der Waals surface area contributed by atoms with Crippen LogP contribution in [0.2, 0.25) is 0 Å². The third-order valence-corrected chi connectivity index (χ3v) is 5.62. The van der Waals surface area contributed by atoms with Crippen molar-refractivity contribution in [2.24, 2.45) is 0 Å². The molecule has 1 spiro atoms. The summed E-state index contributed by atoms with van der Waals surface area (Å²) in [6, 6.07) is 14.5. The number of urea groups is 1. The summed E-state index contributed by atoms with van der Waals surface area (Å²) in [5.41, 5.74) is 1.66. The molecule has 0 saturated carbocycles. The van der Waals surface area contributed by atoms with E-state index in [4.69, 9.17) is 4.74 Å². The van der Waals surface area contributed by atoms with Gasteiger partial charge in [0.2, 0.25) is 5.91 Å². The molecule has 4 rings (SSSR count). The smallest absolute Gasteiger partial charge is 0.325 e. The summed E-state index contributed by atoms with van der Waals surface area (Å²) >= 11 is 0. The van der Waals surface area contributed by atoms with Crippen molar-refractivity contribution in [3.05, 3.63) is 65.2 Å². The van der Waals surface area contributed by atoms with Gasteiger partial charge >= 0.3 is 6.03 Å². The van der Waals surface area contributed by atoms with Crippen LogP contribution in [0.25, 0.3) is 0 Å². The molecule has 7 nitrogen and oxygen atoms in total. The summed E-state index contributed by atoms with van der Waals surface area (Å²) in [5.74, 6) is -0.0943. The SMILES string of the molecule is COc1ccccc1CNC(=O)CN1C(=O)N[C@@]2(CCCc3ccccc32)C1=O. The van der Waals surface area contributed by atoms with E-state index in [1.54, 1.807) is 7.11 Å². The molecule has 7 heteroatoms. The van der Waals surface area contributed by atoms with E-state index in [0.29, 0.717) is 12.2 Å². The Bertz CT molecular complexity index is 974. The Morgan fingerprint density at radius 1 is 1.17 bits per heavy atom. The van der Waals surface area contributed by atoms with Gasteiger partial charge in [-0.15, -0.1) is 0 Å². The second kappa shape index (κ2) is 7.58. The standard InChI is InChI=1S/C22H23N3O4/c1-29-18-11-5-3-8-16(18)13-23-19(26)14-25-20(27)22(24-21(25)28)12-6-9-15-7-2-4-10-17(15)22/h2-5,7-8,10-11H,6,9,12-14H2,1H3,(H,23,26)(H,24,28)/t22-/m1/s1. The number of carbonyl (C=O) groups is 3. The average molecular weight is 393 g/mol. The van der Waals surface area contributed by atoms with Crippen molar-refractivity contribution >= 4 is 17.8 Å². The highest BCUT2D eigenvalue weighted by Gasteiger charge is 2.54. The molecule has 1 fully saturated rings. The van der Waals surface area contributed by atoms with Gasteiger partial charge in [-0.25, -0.2) is 4.79 Å². The van der Waals surface area contributed by atoms with Crippen LogP contribution in [-0.2, 0) is 28.1 Å². The number of nitrogens with one attached hydrogen (secondary N) is 2. The van der Waals surface area contributed by atoms with Crippen molar-refractivity contribution in [1.29, 1.82) is 0 Å². The molecule has 0 unspecified atom stereocenters. The van der Waals surface area contributed by atoms with Crippen molar-refractivity contribution in [3.8, 4) is 5.75 Å². The third-order valence-electron chi connectivity index (χ3n) is 5.62. The largest absolute Gasteiger partial charge is 0.496 e. The van der Waals surface area contributed by atoms with Crippen molar-refractivity contribution < 1.29 is 19.1 Å². The Balaban J connectivity index is 1.47. The van der Waals surface area contributed by atoms with E-state index in [-0.39, 0.29) is 19.0 Å². The van der Waals surface area contributed by atoms with Gasteiger partial charge in [0.05, 0.1) is 7.11 Å². The van der Waals surface area contributed by atoms with Crippen LogP contribution in [0.3, 0.4) is 0 Å². The third kappa shape index (κ3) is 3.33. The number of fused-ring (bicyclic) bond motifs is 2. The second-order valence-electron chi connectivity index (χ2n) is 7.33. The summed E-state index contributed by atoms with van der Waals surface area (Å²) in [5, 5.41) is 5.62. The molecule has 0 aromatic heterocycles. The maximum absolute atomic E-state index is 13.2. The monoisotopic (exact) mass is 393 g/mol. The van der Waals surface area contributed by atoms with Gasteiger partial charge in [-0.3, -0.25) is 14.5 Å². The number of rotatable bonds is 5. The number of hydrogen-bond donors (Lipinski definition) is 2. The van der Waals surface area contributed by atoms with Gasteiger partial charge in [0.1, 0.15) is 17.8 Å². The zero-order chi connectivity index (χ0) is 20.4. The highest BCUT2D eigenvalue weighted by atomic mass is 16.5. The first kappa shape index (κ1) is 19.0. The molecule has 2 N–H and O–H groups in total. The van der Waals surface area contributed by atoms with Crippen molar-refractivity contribution in [3.63, 3.8) is 0 Å². The predicted octanol–water partition coefficient (Wildman–Crippen LogP) is 2.09. The van der Waals surface area contributed by atoms with Crippen LogP contribution >= 0.6 is 0 Å². The number of carbonyl (C=O) groups excluding carboxylic acids is 3. The summed E-state index contributed by atoms with van der Waals surface area (Å²) in [4.78, 5) is 39.2. The molecule has 1 heterocycles. The summed E-state index contributed by atoms with van der Waals surface area (Å²) < 4.78 is 5.27. The quantitative estimate of drug-likeness (QED) is 0.762. The molecule has 0 bridgehead atoms. The van der Waals surface area contributed by atoms with E-state index in [9.17, 15) is 14.4 Å². The normalized spacial score (nSPS) is 20.4. The van der Waals surface area contributed by atoms with E-state index in [1.807, 2.05) is 48.5 Å². The first-order valence-corrected chi connectivity index (χ1v) is 9.66. The highest BCUT2D eigenvalue weighted by molar-refractivity contribution is 6.09. The summed E-state index contributed by atoms with van der Waals surface area (Å²) in [7, 11) is 1.56. The minimum absolute atomic E-state index is 0.250. The maximum Gasteiger partial charge on any atom is 0.325 e. The number of ether oxygens (including phenoxy) is 1. The minimum atomic E-state index is -1.06. The van der Waals surface area contributed by atoms with Crippen LogP contribution in [0.4, 0.5) is 4.79 Å². The van der Waals surface area contributed by atoms with Gasteiger partial charge < -0.3 is 15.4 Å². The lowest BCUT2D eigenvalue weighted by Gasteiger charge is -2.33. The van der Waals surface area contributed by atoms with E-state index in [2.05, 4.69) is 10.6 Å². The Kier molecular flexibility index (Phi) is 4.96. The van der Waals surface area contributed by atoms with E-state index in [0.717, 1.165) is 34.4 Å². The second-order valence-corrected chi connectivity index (χ2v) is 7.33. The lowest BCUT2D eigenvalue weighted by atomic mass is 9.76. The lowest BCUT2D eigenvalue weighted by Crippen LogP contribution is -2.47. The summed E-state index contributed by atoms with van der Waals surface area (Å²) in [6.45, 7) is -0.0653. The van der Waals surface area contributed by atoms with Crippen LogP contribution < -0.4 is 15.4 Å². The number of aryl methyl sites for hydroxylation is 1. The van der Waals surface area contributed by atoms with Crippen molar-refractivity contribution in [2.45, 2.75) is 31.3 Å². The Morgan fingerprint density at radius 2 is 1.93 bits per heavy atom. The van der Waals surface area contributed by atoms with Gasteiger partial charge in [-0.1, -0.05) is 42.5 Å². The molecule has 1 aliphatic heterocycles. The molecule has 2 aromatic rings. The predicted molar refractivity (Wildman–Crippen MR) is 106 cm³/mol. The Morgan fingerprint density at radius 3 is 2.76 bits per heavy atom. The number of para-hydroxylation sites is 1. The fourth-order valence-electron chi connectivity index (χ4n) is 4.20. The van der Waals surface area contributed by atoms with Gasteiger partial charge in [-0.05, 0) is 36.5 Å².